The fourth-order valence-corrected chi connectivity index (χ4v) is 3.15. The average molecular weight is 382 g/mol. The van der Waals surface area contributed by atoms with Crippen LogP contribution in [-0.4, -0.2) is 61.1 Å². The molecule has 0 aliphatic carbocycles. The Balaban J connectivity index is 1.48. The number of nitrogens with one attached hydrogen (secondary N) is 1. The van der Waals surface area contributed by atoms with Crippen LogP contribution in [0.15, 0.2) is 42.6 Å². The first-order valence-corrected chi connectivity index (χ1v) is 9.52. The summed E-state index contributed by atoms with van der Waals surface area (Å²) in [6.07, 6.45) is 1.55. The van der Waals surface area contributed by atoms with E-state index in [0.717, 1.165) is 43.2 Å². The minimum Gasteiger partial charge on any atom is -0.462 e. The lowest BCUT2D eigenvalue weighted by molar-refractivity contribution is -0.117. The highest BCUT2D eigenvalue weighted by Crippen LogP contribution is 2.16. The molecule has 0 saturated carbocycles. The van der Waals surface area contributed by atoms with Crippen LogP contribution in [-0.2, 0) is 9.53 Å². The van der Waals surface area contributed by atoms with Gasteiger partial charge in [-0.25, -0.2) is 9.78 Å². The summed E-state index contributed by atoms with van der Waals surface area (Å²) in [5.41, 5.74) is 2.37. The van der Waals surface area contributed by atoms with Crippen LogP contribution in [0.3, 0.4) is 0 Å². The maximum Gasteiger partial charge on any atom is 0.339 e. The summed E-state index contributed by atoms with van der Waals surface area (Å²) >= 11 is 0. The van der Waals surface area contributed by atoms with E-state index in [1.807, 2.05) is 37.3 Å². The van der Waals surface area contributed by atoms with Gasteiger partial charge in [-0.1, -0.05) is 18.2 Å². The number of benzene rings is 1. The van der Waals surface area contributed by atoms with E-state index in [4.69, 9.17) is 4.74 Å². The van der Waals surface area contributed by atoms with Crippen LogP contribution < -0.4 is 10.2 Å². The van der Waals surface area contributed by atoms with E-state index in [1.165, 1.54) is 0 Å². The van der Waals surface area contributed by atoms with Crippen LogP contribution in [0.4, 0.5) is 11.5 Å². The largest absolute Gasteiger partial charge is 0.462 e. The maximum absolute atomic E-state index is 12.3. The smallest absolute Gasteiger partial charge is 0.339 e. The summed E-state index contributed by atoms with van der Waals surface area (Å²) in [4.78, 5) is 32.7. The van der Waals surface area contributed by atoms with E-state index < -0.39 is 0 Å². The first kappa shape index (κ1) is 19.8. The SMILES string of the molecule is CCOC(=O)c1ccc(N2CCN(CC(=O)Nc3ccccc3C)CC2)nc1. The average Bonchev–Trinajstić information content (AvgIpc) is 2.71. The van der Waals surface area contributed by atoms with Gasteiger partial charge in [0.1, 0.15) is 5.82 Å². The number of anilines is 2. The van der Waals surface area contributed by atoms with E-state index >= 15 is 0 Å². The van der Waals surface area contributed by atoms with Crippen LogP contribution >= 0.6 is 0 Å². The molecule has 1 aliphatic heterocycles. The molecule has 1 aromatic heterocycles. The molecule has 7 nitrogen and oxygen atoms in total. The van der Waals surface area contributed by atoms with Gasteiger partial charge in [0.25, 0.3) is 0 Å². The molecule has 1 aromatic carbocycles. The highest BCUT2D eigenvalue weighted by Gasteiger charge is 2.20. The highest BCUT2D eigenvalue weighted by atomic mass is 16.5. The summed E-state index contributed by atoms with van der Waals surface area (Å²) in [6, 6.07) is 11.3. The number of ether oxygens (including phenoxy) is 1. The molecule has 3 rings (SSSR count). The maximum atomic E-state index is 12.3. The van der Waals surface area contributed by atoms with Crippen molar-refractivity contribution in [3.05, 3.63) is 53.7 Å². The van der Waals surface area contributed by atoms with Gasteiger partial charge in [0.05, 0.1) is 18.7 Å². The van der Waals surface area contributed by atoms with Crippen molar-refractivity contribution in [3.8, 4) is 0 Å². The second-order valence-corrected chi connectivity index (χ2v) is 6.75. The molecule has 1 fully saturated rings. The first-order chi connectivity index (χ1) is 13.6. The zero-order valence-corrected chi connectivity index (χ0v) is 16.4. The van der Waals surface area contributed by atoms with Crippen molar-refractivity contribution in [2.24, 2.45) is 0 Å². The predicted octanol–water partition coefficient (Wildman–Crippen LogP) is 2.33. The van der Waals surface area contributed by atoms with Crippen molar-refractivity contribution in [1.29, 1.82) is 0 Å². The molecule has 0 unspecified atom stereocenters. The molecule has 0 radical (unpaired) electrons. The van der Waals surface area contributed by atoms with Gasteiger partial charge >= 0.3 is 5.97 Å². The molecule has 148 valence electrons. The van der Waals surface area contributed by atoms with Crippen molar-refractivity contribution in [1.82, 2.24) is 9.88 Å². The van der Waals surface area contributed by atoms with Gasteiger partial charge in [0.15, 0.2) is 0 Å². The monoisotopic (exact) mass is 382 g/mol. The fourth-order valence-electron chi connectivity index (χ4n) is 3.15. The second-order valence-electron chi connectivity index (χ2n) is 6.75. The van der Waals surface area contributed by atoms with E-state index in [1.54, 1.807) is 19.2 Å². The minimum atomic E-state index is -0.356. The number of amides is 1. The van der Waals surface area contributed by atoms with Crippen LogP contribution in [0.5, 0.6) is 0 Å². The van der Waals surface area contributed by atoms with Gasteiger partial charge in [-0.05, 0) is 37.6 Å². The zero-order chi connectivity index (χ0) is 19.9. The number of para-hydroxylation sites is 1. The first-order valence-electron chi connectivity index (χ1n) is 9.52. The van der Waals surface area contributed by atoms with E-state index in [2.05, 4.69) is 20.1 Å². The van der Waals surface area contributed by atoms with E-state index in [-0.39, 0.29) is 11.9 Å². The van der Waals surface area contributed by atoms with Gasteiger partial charge in [-0.3, -0.25) is 9.69 Å². The Kier molecular flexibility index (Phi) is 6.60. The standard InChI is InChI=1S/C21H26N4O3/c1-3-28-21(27)17-8-9-19(22-14-17)25-12-10-24(11-13-25)15-20(26)23-18-7-5-4-6-16(18)2/h4-9,14H,3,10-13,15H2,1-2H3,(H,23,26). The molecule has 0 bridgehead atoms. The number of nitrogens with zero attached hydrogens (tertiary/aromatic N) is 3. The Bertz CT molecular complexity index is 815. The van der Waals surface area contributed by atoms with Crippen LogP contribution in [0, 0.1) is 6.92 Å². The Morgan fingerprint density at radius 2 is 1.86 bits per heavy atom. The van der Waals surface area contributed by atoms with Gasteiger partial charge in [0.2, 0.25) is 5.91 Å². The number of carbonyl (C=O) groups excluding carboxylic acids is 2. The number of aromatic nitrogens is 1. The summed E-state index contributed by atoms with van der Waals surface area (Å²) in [5.74, 6) is 0.475. The molecule has 2 aromatic rings. The lowest BCUT2D eigenvalue weighted by Crippen LogP contribution is -2.49. The molecular weight excluding hydrogens is 356 g/mol. The van der Waals surface area contributed by atoms with E-state index in [9.17, 15) is 9.59 Å². The number of hydrogen-bond acceptors (Lipinski definition) is 6. The third-order valence-electron chi connectivity index (χ3n) is 4.74. The normalized spacial score (nSPS) is 14.6. The van der Waals surface area contributed by atoms with Crippen LogP contribution in [0.25, 0.3) is 0 Å². The van der Waals surface area contributed by atoms with Gasteiger partial charge in [0, 0.05) is 38.1 Å². The van der Waals surface area contributed by atoms with Crippen molar-refractivity contribution < 1.29 is 14.3 Å². The number of hydrogen-bond donors (Lipinski definition) is 1. The lowest BCUT2D eigenvalue weighted by atomic mass is 10.2. The molecule has 1 aliphatic rings. The molecule has 0 spiro atoms. The molecule has 2 heterocycles. The quantitative estimate of drug-likeness (QED) is 0.773. The Hall–Kier alpha value is -2.93. The summed E-state index contributed by atoms with van der Waals surface area (Å²) < 4.78 is 4.98. The van der Waals surface area contributed by atoms with Crippen molar-refractivity contribution in [2.45, 2.75) is 13.8 Å². The highest BCUT2D eigenvalue weighted by molar-refractivity contribution is 5.93. The lowest BCUT2D eigenvalue weighted by Gasteiger charge is -2.35. The number of carbonyl (C=O) groups is 2. The molecule has 1 N–H and O–H groups in total. The third-order valence-corrected chi connectivity index (χ3v) is 4.74. The Morgan fingerprint density at radius 1 is 1.11 bits per heavy atom. The van der Waals surface area contributed by atoms with E-state index in [0.29, 0.717) is 18.7 Å². The number of pyridine rings is 1. The number of aryl methyl sites for hydroxylation is 1. The van der Waals surface area contributed by atoms with Gasteiger partial charge in [-0.2, -0.15) is 0 Å². The molecule has 0 atom stereocenters. The molecule has 1 amide bonds. The molecule has 7 heteroatoms. The zero-order valence-electron chi connectivity index (χ0n) is 16.4. The fraction of sp³-hybridized carbons (Fsp3) is 0.381. The molecule has 28 heavy (non-hydrogen) atoms. The topological polar surface area (TPSA) is 74.8 Å². The summed E-state index contributed by atoms with van der Waals surface area (Å²) in [6.45, 7) is 7.60. The van der Waals surface area contributed by atoms with Crippen LogP contribution in [0.2, 0.25) is 0 Å². The van der Waals surface area contributed by atoms with Crippen LogP contribution in [0.1, 0.15) is 22.8 Å². The number of esters is 1. The second kappa shape index (κ2) is 9.32. The number of piperazine rings is 1. The van der Waals surface area contributed by atoms with Gasteiger partial charge < -0.3 is 15.0 Å². The molecule has 1 saturated heterocycles. The predicted molar refractivity (Wildman–Crippen MR) is 109 cm³/mol. The van der Waals surface area contributed by atoms with Crippen molar-refractivity contribution >= 4 is 23.4 Å². The Labute approximate surface area is 165 Å². The van der Waals surface area contributed by atoms with Crippen molar-refractivity contribution in [3.63, 3.8) is 0 Å². The number of rotatable bonds is 6. The van der Waals surface area contributed by atoms with Crippen molar-refractivity contribution in [2.75, 3.05) is 49.5 Å². The molecular formula is C21H26N4O3. The van der Waals surface area contributed by atoms with Gasteiger partial charge in [-0.15, -0.1) is 0 Å². The minimum absolute atomic E-state index is 0.000311. The summed E-state index contributed by atoms with van der Waals surface area (Å²) in [5, 5.41) is 2.98. The summed E-state index contributed by atoms with van der Waals surface area (Å²) in [7, 11) is 0. The third kappa shape index (κ3) is 5.07. The Morgan fingerprint density at radius 3 is 2.50 bits per heavy atom.